The average Bonchev–Trinajstić information content (AvgIpc) is 2.40. The van der Waals surface area contributed by atoms with E-state index in [4.69, 9.17) is 10.5 Å². The van der Waals surface area contributed by atoms with Crippen molar-refractivity contribution in [3.05, 3.63) is 29.8 Å². The van der Waals surface area contributed by atoms with Gasteiger partial charge in [-0.1, -0.05) is 25.5 Å². The minimum atomic E-state index is -0.740. The van der Waals surface area contributed by atoms with Gasteiger partial charge in [-0.2, -0.15) is 0 Å². The smallest absolute Gasteiger partial charge is 0.237 e. The summed E-state index contributed by atoms with van der Waals surface area (Å²) in [4.78, 5) is 11.6. The highest BCUT2D eigenvalue weighted by atomic mass is 16.5. The second kappa shape index (κ2) is 8.03. The highest BCUT2D eigenvalue weighted by Crippen LogP contribution is 2.16. The highest BCUT2D eigenvalue weighted by Gasteiger charge is 2.31. The van der Waals surface area contributed by atoms with Crippen LogP contribution in [0.3, 0.4) is 0 Å². The van der Waals surface area contributed by atoms with Crippen LogP contribution in [-0.4, -0.2) is 24.1 Å². The van der Waals surface area contributed by atoms with Gasteiger partial charge >= 0.3 is 0 Å². The van der Waals surface area contributed by atoms with Crippen molar-refractivity contribution in [3.8, 4) is 5.75 Å². The van der Waals surface area contributed by atoms with E-state index >= 15 is 0 Å². The van der Waals surface area contributed by atoms with Crippen molar-refractivity contribution >= 4 is 5.91 Å². The fourth-order valence-corrected chi connectivity index (χ4v) is 2.32. The fraction of sp³-hybridized carbons (Fsp3) is 0.588. The lowest BCUT2D eigenvalue weighted by molar-refractivity contribution is -0.124. The van der Waals surface area contributed by atoms with E-state index in [9.17, 15) is 4.79 Å². The molecule has 0 fully saturated rings. The summed E-state index contributed by atoms with van der Waals surface area (Å²) in [5.74, 6) is 0.476. The average molecular weight is 292 g/mol. The number of amides is 1. The van der Waals surface area contributed by atoms with Gasteiger partial charge in [0.25, 0.3) is 0 Å². The van der Waals surface area contributed by atoms with Gasteiger partial charge in [0.2, 0.25) is 5.91 Å². The maximum atomic E-state index is 11.6. The molecule has 0 saturated carbocycles. The van der Waals surface area contributed by atoms with Crippen LogP contribution in [0, 0.1) is 0 Å². The minimum Gasteiger partial charge on any atom is -0.494 e. The van der Waals surface area contributed by atoms with Crippen molar-refractivity contribution in [1.29, 1.82) is 0 Å². The molecule has 21 heavy (non-hydrogen) atoms. The zero-order chi connectivity index (χ0) is 15.9. The van der Waals surface area contributed by atoms with E-state index in [2.05, 4.69) is 24.4 Å². The monoisotopic (exact) mass is 292 g/mol. The molecule has 1 atom stereocenters. The molecule has 4 heteroatoms. The molecule has 1 aromatic carbocycles. The Morgan fingerprint density at radius 3 is 2.43 bits per heavy atom. The predicted octanol–water partition coefficient (Wildman–Crippen LogP) is 2.65. The third-order valence-electron chi connectivity index (χ3n) is 3.48. The molecule has 3 N–H and O–H groups in total. The first-order valence-corrected chi connectivity index (χ1v) is 7.66. The Hall–Kier alpha value is -1.55. The van der Waals surface area contributed by atoms with E-state index < -0.39 is 5.54 Å². The molecule has 0 saturated heterocycles. The van der Waals surface area contributed by atoms with Gasteiger partial charge in [0.15, 0.2) is 0 Å². The van der Waals surface area contributed by atoms with Gasteiger partial charge in [-0.3, -0.25) is 4.79 Å². The normalized spacial score (nSPS) is 14.0. The van der Waals surface area contributed by atoms with Crippen LogP contribution >= 0.6 is 0 Å². The van der Waals surface area contributed by atoms with E-state index in [1.165, 1.54) is 5.56 Å². The molecular weight excluding hydrogens is 264 g/mol. The van der Waals surface area contributed by atoms with Crippen LogP contribution in [0.1, 0.15) is 46.1 Å². The number of hydrogen-bond donors (Lipinski definition) is 2. The third-order valence-corrected chi connectivity index (χ3v) is 3.48. The number of aryl methyl sites for hydroxylation is 1. The topological polar surface area (TPSA) is 64.3 Å². The Bertz CT molecular complexity index is 443. The number of carbonyl (C=O) groups excluding carboxylic acids is 1. The number of hydrogen-bond acceptors (Lipinski definition) is 3. The number of primary amides is 1. The second-order valence-electron chi connectivity index (χ2n) is 5.99. The van der Waals surface area contributed by atoms with Gasteiger partial charge in [-0.25, -0.2) is 0 Å². The zero-order valence-corrected chi connectivity index (χ0v) is 13.6. The predicted molar refractivity (Wildman–Crippen MR) is 86.4 cm³/mol. The number of rotatable bonds is 9. The Morgan fingerprint density at radius 2 is 1.95 bits per heavy atom. The molecule has 118 valence electrons. The molecule has 0 spiro atoms. The Morgan fingerprint density at radius 1 is 1.33 bits per heavy atom. The Balaban J connectivity index is 2.52. The highest BCUT2D eigenvalue weighted by molar-refractivity contribution is 5.84. The summed E-state index contributed by atoms with van der Waals surface area (Å²) in [6.45, 7) is 8.43. The SMILES string of the molecule is CCCc1ccc(OCCC(C)(NC(C)C)C(N)=O)cc1. The number of nitrogens with two attached hydrogens (primary N) is 1. The lowest BCUT2D eigenvalue weighted by Crippen LogP contribution is -2.56. The van der Waals surface area contributed by atoms with Gasteiger partial charge in [0, 0.05) is 12.5 Å². The summed E-state index contributed by atoms with van der Waals surface area (Å²) in [6.07, 6.45) is 2.76. The zero-order valence-electron chi connectivity index (χ0n) is 13.6. The molecule has 0 aliphatic carbocycles. The first kappa shape index (κ1) is 17.5. The van der Waals surface area contributed by atoms with E-state index in [-0.39, 0.29) is 11.9 Å². The fourth-order valence-electron chi connectivity index (χ4n) is 2.32. The van der Waals surface area contributed by atoms with E-state index in [1.807, 2.05) is 32.9 Å². The number of carbonyl (C=O) groups is 1. The molecule has 4 nitrogen and oxygen atoms in total. The van der Waals surface area contributed by atoms with Crippen molar-refractivity contribution in [1.82, 2.24) is 5.32 Å². The molecule has 0 aliphatic rings. The summed E-state index contributed by atoms with van der Waals surface area (Å²) < 4.78 is 5.72. The van der Waals surface area contributed by atoms with Crippen LogP contribution in [0.2, 0.25) is 0 Å². The summed E-state index contributed by atoms with van der Waals surface area (Å²) in [5, 5.41) is 3.21. The number of benzene rings is 1. The van der Waals surface area contributed by atoms with Crippen LogP contribution in [0.25, 0.3) is 0 Å². The van der Waals surface area contributed by atoms with Gasteiger partial charge in [-0.15, -0.1) is 0 Å². The summed E-state index contributed by atoms with van der Waals surface area (Å²) in [5.41, 5.74) is 6.07. The van der Waals surface area contributed by atoms with Crippen molar-refractivity contribution in [2.75, 3.05) is 6.61 Å². The molecule has 1 amide bonds. The van der Waals surface area contributed by atoms with Gasteiger partial charge in [-0.05, 0) is 44.9 Å². The van der Waals surface area contributed by atoms with Gasteiger partial charge in [0.1, 0.15) is 5.75 Å². The molecule has 0 bridgehead atoms. The van der Waals surface area contributed by atoms with Crippen molar-refractivity contribution in [3.63, 3.8) is 0 Å². The van der Waals surface area contributed by atoms with Crippen LogP contribution in [-0.2, 0) is 11.2 Å². The lowest BCUT2D eigenvalue weighted by atomic mass is 9.96. The maximum Gasteiger partial charge on any atom is 0.237 e. The van der Waals surface area contributed by atoms with E-state index in [0.717, 1.165) is 18.6 Å². The maximum absolute atomic E-state index is 11.6. The lowest BCUT2D eigenvalue weighted by Gasteiger charge is -2.29. The third kappa shape index (κ3) is 5.76. The van der Waals surface area contributed by atoms with Crippen molar-refractivity contribution < 1.29 is 9.53 Å². The molecule has 0 aliphatic heterocycles. The van der Waals surface area contributed by atoms with Crippen LogP contribution in [0.15, 0.2) is 24.3 Å². The van der Waals surface area contributed by atoms with Crippen LogP contribution in [0.4, 0.5) is 0 Å². The van der Waals surface area contributed by atoms with E-state index in [0.29, 0.717) is 13.0 Å². The molecule has 1 rings (SSSR count). The standard InChI is InChI=1S/C17H28N2O2/c1-5-6-14-7-9-15(10-8-14)21-12-11-17(4,16(18)20)19-13(2)3/h7-10,13,19H,5-6,11-12H2,1-4H3,(H2,18,20). The molecule has 0 heterocycles. The Labute approximate surface area is 128 Å². The van der Waals surface area contributed by atoms with Crippen molar-refractivity contribution in [2.45, 2.75) is 58.5 Å². The first-order chi connectivity index (χ1) is 9.87. The van der Waals surface area contributed by atoms with E-state index in [1.54, 1.807) is 0 Å². The Kier molecular flexibility index (Phi) is 6.69. The number of nitrogens with one attached hydrogen (secondary N) is 1. The summed E-state index contributed by atoms with van der Waals surface area (Å²) >= 11 is 0. The molecular formula is C17H28N2O2. The summed E-state index contributed by atoms with van der Waals surface area (Å²) in [7, 11) is 0. The van der Waals surface area contributed by atoms with Crippen LogP contribution in [0.5, 0.6) is 5.75 Å². The summed E-state index contributed by atoms with van der Waals surface area (Å²) in [6, 6.07) is 8.30. The second-order valence-corrected chi connectivity index (χ2v) is 5.99. The number of ether oxygens (including phenoxy) is 1. The van der Waals surface area contributed by atoms with Gasteiger partial charge < -0.3 is 15.8 Å². The molecule has 0 radical (unpaired) electrons. The largest absolute Gasteiger partial charge is 0.494 e. The van der Waals surface area contributed by atoms with Crippen molar-refractivity contribution in [2.24, 2.45) is 5.73 Å². The van der Waals surface area contributed by atoms with Crippen LogP contribution < -0.4 is 15.8 Å². The minimum absolute atomic E-state index is 0.191. The quantitative estimate of drug-likeness (QED) is 0.735. The molecule has 1 unspecified atom stereocenters. The first-order valence-electron chi connectivity index (χ1n) is 7.66. The molecule has 1 aromatic rings. The molecule has 0 aromatic heterocycles. The van der Waals surface area contributed by atoms with Gasteiger partial charge in [0.05, 0.1) is 12.1 Å².